The number of amides is 1. The summed E-state index contributed by atoms with van der Waals surface area (Å²) in [5.74, 6) is -4.44. The number of esters is 1. The van der Waals surface area contributed by atoms with Crippen LogP contribution in [-0.4, -0.2) is 47.6 Å². The molecule has 0 spiro atoms. The first-order chi connectivity index (χ1) is 12.9. The van der Waals surface area contributed by atoms with Gasteiger partial charge in [-0.15, -0.1) is 0 Å². The van der Waals surface area contributed by atoms with Crippen LogP contribution >= 0.6 is 22.6 Å². The predicted octanol–water partition coefficient (Wildman–Crippen LogP) is 4.25. The third-order valence-corrected chi connectivity index (χ3v) is 3.64. The quantitative estimate of drug-likeness (QED) is 0.122. The largest absolute Gasteiger partial charge is 0.506 e. The minimum absolute atomic E-state index is 0.0332. The topological polar surface area (TPSA) is 88.4 Å². The van der Waals surface area contributed by atoms with E-state index in [9.17, 15) is 23.5 Å². The summed E-state index contributed by atoms with van der Waals surface area (Å²) in [6, 6.07) is 2.08. The Labute approximate surface area is 175 Å². The average Bonchev–Trinajstić information content (AvgIpc) is 2.56. The first kappa shape index (κ1) is 23.8. The number of hydrogen-bond acceptors (Lipinski definition) is 6. The highest BCUT2D eigenvalue weighted by Gasteiger charge is 2.23. The molecule has 0 heterocycles. The maximum absolute atomic E-state index is 14.1. The maximum atomic E-state index is 14.1. The molecule has 0 aromatic heterocycles. The summed E-state index contributed by atoms with van der Waals surface area (Å²) >= 11 is 1.73. The van der Waals surface area contributed by atoms with Crippen molar-refractivity contribution in [1.82, 2.24) is 5.01 Å². The molecule has 1 rings (SSSR count). The number of rotatable bonds is 5. The fourth-order valence-electron chi connectivity index (χ4n) is 1.81. The molecule has 0 saturated heterocycles. The highest BCUT2D eigenvalue weighted by Crippen LogP contribution is 2.24. The second-order valence-electron chi connectivity index (χ2n) is 6.48. The Balaban J connectivity index is 3.36. The van der Waals surface area contributed by atoms with Crippen LogP contribution in [-0.2, 0) is 14.3 Å². The van der Waals surface area contributed by atoms with E-state index in [0.29, 0.717) is 3.57 Å². The van der Waals surface area contributed by atoms with Crippen molar-refractivity contribution >= 4 is 46.6 Å². The number of carbonyl (C=O) groups excluding carboxylic acids is 2. The van der Waals surface area contributed by atoms with Gasteiger partial charge < -0.3 is 14.6 Å². The Morgan fingerprint density at radius 1 is 1.32 bits per heavy atom. The number of nitrogens with zero attached hydrogens (tertiary/aromatic N) is 2. The first-order valence-electron chi connectivity index (χ1n) is 8.13. The highest BCUT2D eigenvalue weighted by molar-refractivity contribution is 14.1. The van der Waals surface area contributed by atoms with Gasteiger partial charge in [0.05, 0.1) is 18.4 Å². The van der Waals surface area contributed by atoms with Gasteiger partial charge in [-0.25, -0.2) is 23.4 Å². The van der Waals surface area contributed by atoms with Crippen LogP contribution in [0.1, 0.15) is 33.3 Å². The molecular weight excluding hydrogens is 489 g/mol. The molecule has 1 aromatic rings. The van der Waals surface area contributed by atoms with Crippen molar-refractivity contribution in [2.45, 2.75) is 33.3 Å². The fraction of sp³-hybridized carbons (Fsp3) is 0.389. The van der Waals surface area contributed by atoms with E-state index in [1.807, 2.05) is 0 Å². The summed E-state index contributed by atoms with van der Waals surface area (Å²) in [4.78, 5) is 24.1. The zero-order valence-corrected chi connectivity index (χ0v) is 18.2. The normalized spacial score (nSPS) is 12.6. The summed E-state index contributed by atoms with van der Waals surface area (Å²) in [6.07, 6.45) is -0.00741. The molecule has 0 aliphatic heterocycles. The second kappa shape index (κ2) is 9.80. The van der Waals surface area contributed by atoms with Gasteiger partial charge in [0.1, 0.15) is 16.9 Å². The minimum atomic E-state index is -1.34. The summed E-state index contributed by atoms with van der Waals surface area (Å²) in [5, 5.41) is 14.9. The number of benzene rings is 1. The van der Waals surface area contributed by atoms with Crippen molar-refractivity contribution in [3.63, 3.8) is 0 Å². The molecule has 154 valence electrons. The highest BCUT2D eigenvalue weighted by atomic mass is 127. The molecule has 0 bridgehead atoms. The van der Waals surface area contributed by atoms with Gasteiger partial charge in [-0.05, 0) is 62.4 Å². The van der Waals surface area contributed by atoms with Crippen molar-refractivity contribution in [1.29, 1.82) is 0 Å². The Morgan fingerprint density at radius 3 is 2.46 bits per heavy atom. The van der Waals surface area contributed by atoms with Crippen molar-refractivity contribution in [2.24, 2.45) is 5.10 Å². The second-order valence-corrected chi connectivity index (χ2v) is 7.73. The number of carbonyl (C=O) groups is 2. The van der Waals surface area contributed by atoms with Crippen LogP contribution < -0.4 is 0 Å². The van der Waals surface area contributed by atoms with Crippen molar-refractivity contribution in [2.75, 3.05) is 13.7 Å². The van der Waals surface area contributed by atoms with Gasteiger partial charge in [-0.3, -0.25) is 0 Å². The molecule has 0 aliphatic rings. The molecule has 1 aromatic carbocycles. The van der Waals surface area contributed by atoms with Gasteiger partial charge in [-0.1, -0.05) is 0 Å². The number of ether oxygens (including phenoxy) is 2. The molecule has 7 nitrogen and oxygen atoms in total. The molecule has 0 unspecified atom stereocenters. The van der Waals surface area contributed by atoms with E-state index >= 15 is 0 Å². The van der Waals surface area contributed by atoms with Crippen molar-refractivity contribution in [3.05, 3.63) is 38.5 Å². The number of hydrazone groups is 1. The van der Waals surface area contributed by atoms with Gasteiger partial charge in [0.25, 0.3) is 0 Å². The van der Waals surface area contributed by atoms with E-state index < -0.39 is 46.2 Å². The number of aliphatic hydroxyl groups is 1. The van der Waals surface area contributed by atoms with E-state index in [4.69, 9.17) is 9.47 Å². The zero-order chi connectivity index (χ0) is 21.6. The van der Waals surface area contributed by atoms with E-state index in [-0.39, 0.29) is 6.61 Å². The lowest BCUT2D eigenvalue weighted by Gasteiger charge is -2.22. The average molecular weight is 510 g/mol. The lowest BCUT2D eigenvalue weighted by molar-refractivity contribution is -0.137. The zero-order valence-electron chi connectivity index (χ0n) is 16.0. The summed E-state index contributed by atoms with van der Waals surface area (Å²) < 4.78 is 38.0. The Morgan fingerprint density at radius 2 is 1.93 bits per heavy atom. The van der Waals surface area contributed by atoms with Gasteiger partial charge in [0.15, 0.2) is 11.6 Å². The van der Waals surface area contributed by atoms with E-state index in [2.05, 4.69) is 5.10 Å². The molecule has 1 amide bonds. The van der Waals surface area contributed by atoms with E-state index in [1.165, 1.54) is 14.0 Å². The Hall–Kier alpha value is -2.24. The molecule has 1 N–H and O–H groups in total. The SMILES string of the molecule is CCOC(=O)C(C=NN(C)C(=O)OC(C)(C)C)=C(O)c1cc(I)cc(F)c1F. The molecule has 10 heteroatoms. The number of halogens is 3. The van der Waals surface area contributed by atoms with Crippen LogP contribution in [0.25, 0.3) is 5.76 Å². The van der Waals surface area contributed by atoms with Gasteiger partial charge in [0, 0.05) is 10.6 Å². The third-order valence-electron chi connectivity index (χ3n) is 3.02. The van der Waals surface area contributed by atoms with Gasteiger partial charge in [-0.2, -0.15) is 5.10 Å². The molecule has 0 fully saturated rings. The molecular formula is C18H21F2IN2O5. The van der Waals surface area contributed by atoms with E-state index in [1.54, 1.807) is 43.4 Å². The van der Waals surface area contributed by atoms with Crippen LogP contribution in [0, 0.1) is 15.2 Å². The lowest BCUT2D eigenvalue weighted by Crippen LogP contribution is -2.31. The smallest absolute Gasteiger partial charge is 0.430 e. The third kappa shape index (κ3) is 6.73. The van der Waals surface area contributed by atoms with Crippen LogP contribution in [0.4, 0.5) is 13.6 Å². The monoisotopic (exact) mass is 510 g/mol. The van der Waals surface area contributed by atoms with Gasteiger partial charge >= 0.3 is 12.1 Å². The molecule has 0 saturated carbocycles. The van der Waals surface area contributed by atoms with Crippen LogP contribution in [0.5, 0.6) is 0 Å². The summed E-state index contributed by atoms with van der Waals surface area (Å²) in [5.41, 5.74) is -1.87. The summed E-state index contributed by atoms with van der Waals surface area (Å²) in [7, 11) is 1.26. The van der Waals surface area contributed by atoms with Crippen LogP contribution in [0.15, 0.2) is 22.8 Å². The lowest BCUT2D eigenvalue weighted by atomic mass is 10.1. The van der Waals surface area contributed by atoms with Crippen molar-refractivity contribution < 1.29 is 33.0 Å². The Bertz CT molecular complexity index is 819. The fourth-order valence-corrected chi connectivity index (χ4v) is 2.40. The number of hydrogen-bond donors (Lipinski definition) is 1. The maximum Gasteiger partial charge on any atom is 0.430 e. The van der Waals surface area contributed by atoms with Gasteiger partial charge in [0.2, 0.25) is 0 Å². The number of aliphatic hydroxyl groups excluding tert-OH is 1. The first-order valence-corrected chi connectivity index (χ1v) is 9.21. The molecule has 0 radical (unpaired) electrons. The van der Waals surface area contributed by atoms with Crippen molar-refractivity contribution in [3.8, 4) is 0 Å². The summed E-state index contributed by atoms with van der Waals surface area (Å²) in [6.45, 7) is 6.47. The van der Waals surface area contributed by atoms with Crippen LogP contribution in [0.3, 0.4) is 0 Å². The minimum Gasteiger partial charge on any atom is -0.506 e. The standard InChI is InChI=1S/C18H21F2IN2O5/c1-6-27-16(25)12(9-22-23(5)17(26)28-18(2,3)4)15(24)11-7-10(21)8-13(19)14(11)20/h7-9,24H,6H2,1-5H3. The van der Waals surface area contributed by atoms with E-state index in [0.717, 1.165) is 23.4 Å². The molecule has 28 heavy (non-hydrogen) atoms. The predicted molar refractivity (Wildman–Crippen MR) is 108 cm³/mol. The molecule has 0 aliphatic carbocycles. The Kier molecular flexibility index (Phi) is 8.33. The molecule has 0 atom stereocenters. The van der Waals surface area contributed by atoms with Crippen LogP contribution in [0.2, 0.25) is 0 Å².